The summed E-state index contributed by atoms with van der Waals surface area (Å²) < 4.78 is 4.34. The highest BCUT2D eigenvalue weighted by molar-refractivity contribution is 7.10. The summed E-state index contributed by atoms with van der Waals surface area (Å²) in [5.74, 6) is 0. The first-order valence-electron chi connectivity index (χ1n) is 3.83. The third-order valence-corrected chi connectivity index (χ3v) is 1.52. The summed E-state index contributed by atoms with van der Waals surface area (Å²) in [4.78, 5) is 10.7. The van der Waals surface area contributed by atoms with Gasteiger partial charge in [-0.1, -0.05) is 30.9 Å². The molecule has 1 atom stereocenters. The number of carbonyl (C=O) groups excluding carboxylic acids is 1. The molecule has 0 fully saturated rings. The highest BCUT2D eigenvalue weighted by Gasteiger charge is 1.97. The molecule has 72 valence electrons. The Bertz CT molecular complexity index is 234. The Morgan fingerprint density at radius 3 is 2.85 bits per heavy atom. The lowest BCUT2D eigenvalue weighted by atomic mass is 10.2. The molecular weight excluding hydrogens is 185 g/mol. The monoisotopic (exact) mass is 199 g/mol. The van der Waals surface area contributed by atoms with Crippen LogP contribution in [0.4, 0.5) is 4.79 Å². The number of hydrogen-bond donors (Lipinski definition) is 1. The fraction of sp³-hybridized carbons (Fsp3) is 0.222. The van der Waals surface area contributed by atoms with Gasteiger partial charge in [0.2, 0.25) is 0 Å². The molecule has 0 spiro atoms. The molecule has 4 heteroatoms. The van der Waals surface area contributed by atoms with Gasteiger partial charge in [-0.15, -0.1) is 0 Å². The Morgan fingerprint density at radius 1 is 1.69 bits per heavy atom. The van der Waals surface area contributed by atoms with Gasteiger partial charge in [-0.3, -0.25) is 0 Å². The standard InChI is InChI=1S/C9H14NO2P/c1-3-5-6-8(4-2)7-10-9(11)12-13/h3-6H,2,7,13H2,1H3,(H,10,11)/b5-3-,8-6+. The quantitative estimate of drug-likeness (QED) is 0.556. The molecule has 3 nitrogen and oxygen atoms in total. The molecule has 0 radical (unpaired) electrons. The van der Waals surface area contributed by atoms with E-state index in [2.05, 4.69) is 16.4 Å². The number of rotatable bonds is 4. The Hall–Kier alpha value is -1.08. The fourth-order valence-corrected chi connectivity index (χ4v) is 0.718. The molecule has 0 aromatic rings. The van der Waals surface area contributed by atoms with Gasteiger partial charge in [-0.05, 0) is 12.5 Å². The molecule has 0 bridgehead atoms. The summed E-state index contributed by atoms with van der Waals surface area (Å²) in [6.45, 7) is 5.95. The smallest absolute Gasteiger partial charge is 0.409 e. The molecule has 0 rings (SSSR count). The molecule has 0 aromatic carbocycles. The van der Waals surface area contributed by atoms with Gasteiger partial charge in [0.05, 0.1) is 9.47 Å². The molecular formula is C9H14NO2P. The third kappa shape index (κ3) is 6.12. The summed E-state index contributed by atoms with van der Waals surface area (Å²) in [7, 11) is 1.88. The second-order valence-corrected chi connectivity index (χ2v) is 2.47. The van der Waals surface area contributed by atoms with Crippen molar-refractivity contribution in [1.29, 1.82) is 0 Å². The third-order valence-electron chi connectivity index (χ3n) is 1.31. The first kappa shape index (κ1) is 11.9. The van der Waals surface area contributed by atoms with Gasteiger partial charge in [0.1, 0.15) is 0 Å². The van der Waals surface area contributed by atoms with E-state index in [0.717, 1.165) is 5.57 Å². The van der Waals surface area contributed by atoms with E-state index in [-0.39, 0.29) is 0 Å². The average Bonchev–Trinajstić information content (AvgIpc) is 2.17. The van der Waals surface area contributed by atoms with Gasteiger partial charge in [0.15, 0.2) is 0 Å². The van der Waals surface area contributed by atoms with E-state index >= 15 is 0 Å². The molecule has 0 aliphatic carbocycles. The van der Waals surface area contributed by atoms with Gasteiger partial charge in [-0.2, -0.15) is 0 Å². The molecule has 13 heavy (non-hydrogen) atoms. The van der Waals surface area contributed by atoms with E-state index in [1.165, 1.54) is 0 Å². The van der Waals surface area contributed by atoms with Gasteiger partial charge < -0.3 is 9.84 Å². The number of nitrogens with one attached hydrogen (secondary N) is 1. The highest BCUT2D eigenvalue weighted by Crippen LogP contribution is 1.95. The zero-order chi connectivity index (χ0) is 10.1. The van der Waals surface area contributed by atoms with Gasteiger partial charge in [-0.25, -0.2) is 4.79 Å². The number of hydrogen-bond acceptors (Lipinski definition) is 2. The lowest BCUT2D eigenvalue weighted by Gasteiger charge is -2.02. The van der Waals surface area contributed by atoms with Crippen molar-refractivity contribution in [3.05, 3.63) is 36.5 Å². The van der Waals surface area contributed by atoms with Crippen molar-refractivity contribution in [2.75, 3.05) is 6.54 Å². The molecule has 0 heterocycles. The van der Waals surface area contributed by atoms with Crippen molar-refractivity contribution in [3.63, 3.8) is 0 Å². The van der Waals surface area contributed by atoms with Crippen LogP contribution in [0.5, 0.6) is 0 Å². The summed E-state index contributed by atoms with van der Waals surface area (Å²) in [6.07, 6.45) is 6.86. The van der Waals surface area contributed by atoms with Gasteiger partial charge in [0.25, 0.3) is 0 Å². The van der Waals surface area contributed by atoms with E-state index < -0.39 is 6.09 Å². The Kier molecular flexibility index (Phi) is 6.93. The lowest BCUT2D eigenvalue weighted by molar-refractivity contribution is 0.209. The van der Waals surface area contributed by atoms with E-state index in [1.807, 2.05) is 34.6 Å². The minimum absolute atomic E-state index is 0.418. The number of amides is 1. The Labute approximate surface area is 80.8 Å². The fourth-order valence-electron chi connectivity index (χ4n) is 0.635. The summed E-state index contributed by atoms with van der Waals surface area (Å²) >= 11 is 0. The van der Waals surface area contributed by atoms with Gasteiger partial charge >= 0.3 is 6.09 Å². The zero-order valence-corrected chi connectivity index (χ0v) is 8.77. The van der Waals surface area contributed by atoms with E-state index in [1.54, 1.807) is 6.08 Å². The molecule has 0 aliphatic rings. The molecule has 1 unspecified atom stereocenters. The molecule has 0 saturated carbocycles. The molecule has 0 saturated heterocycles. The second kappa shape index (κ2) is 7.56. The topological polar surface area (TPSA) is 38.3 Å². The van der Waals surface area contributed by atoms with Crippen molar-refractivity contribution in [3.8, 4) is 0 Å². The molecule has 0 aliphatic heterocycles. The van der Waals surface area contributed by atoms with Crippen LogP contribution in [-0.2, 0) is 4.52 Å². The average molecular weight is 199 g/mol. The van der Waals surface area contributed by atoms with Gasteiger partial charge in [0, 0.05) is 6.54 Å². The van der Waals surface area contributed by atoms with Crippen LogP contribution in [0, 0.1) is 0 Å². The van der Waals surface area contributed by atoms with E-state index in [9.17, 15) is 4.79 Å². The van der Waals surface area contributed by atoms with Crippen molar-refractivity contribution in [2.24, 2.45) is 0 Å². The maximum Gasteiger partial charge on any atom is 0.409 e. The first-order chi connectivity index (χ1) is 6.24. The second-order valence-electron chi connectivity index (χ2n) is 2.23. The van der Waals surface area contributed by atoms with Crippen LogP contribution in [0.15, 0.2) is 36.5 Å². The maximum atomic E-state index is 10.7. The SMILES string of the molecule is C=C/C(=C\C=C/C)CNC(=O)OP. The summed E-state index contributed by atoms with van der Waals surface area (Å²) in [5, 5.41) is 2.54. The highest BCUT2D eigenvalue weighted by atomic mass is 31.0. The van der Waals surface area contributed by atoms with Crippen molar-refractivity contribution in [2.45, 2.75) is 6.92 Å². The van der Waals surface area contributed by atoms with Crippen LogP contribution in [0.2, 0.25) is 0 Å². The van der Waals surface area contributed by atoms with Crippen LogP contribution in [0.1, 0.15) is 6.92 Å². The van der Waals surface area contributed by atoms with E-state index in [4.69, 9.17) is 0 Å². The predicted molar refractivity (Wildman–Crippen MR) is 57.3 cm³/mol. The number of carbonyl (C=O) groups is 1. The number of allylic oxidation sites excluding steroid dienone is 3. The maximum absolute atomic E-state index is 10.7. The van der Waals surface area contributed by atoms with Crippen LogP contribution < -0.4 is 5.32 Å². The lowest BCUT2D eigenvalue weighted by Crippen LogP contribution is -2.23. The molecule has 1 amide bonds. The van der Waals surface area contributed by atoms with Crippen LogP contribution in [0.25, 0.3) is 0 Å². The first-order valence-corrected chi connectivity index (χ1v) is 4.30. The minimum atomic E-state index is -0.474. The van der Waals surface area contributed by atoms with Crippen LogP contribution >= 0.6 is 9.47 Å². The van der Waals surface area contributed by atoms with E-state index in [0.29, 0.717) is 6.54 Å². The summed E-state index contributed by atoms with van der Waals surface area (Å²) in [6, 6.07) is 0. The normalized spacial score (nSPS) is 11.4. The van der Waals surface area contributed by atoms with Crippen LogP contribution in [-0.4, -0.2) is 12.6 Å². The van der Waals surface area contributed by atoms with Crippen molar-refractivity contribution >= 4 is 15.6 Å². The Morgan fingerprint density at radius 2 is 2.38 bits per heavy atom. The van der Waals surface area contributed by atoms with Crippen molar-refractivity contribution < 1.29 is 9.32 Å². The molecule has 0 aromatic heterocycles. The molecule has 1 N–H and O–H groups in total. The minimum Gasteiger partial charge on any atom is -0.435 e. The Balaban J connectivity index is 3.99. The largest absolute Gasteiger partial charge is 0.435 e. The zero-order valence-electron chi connectivity index (χ0n) is 7.62. The van der Waals surface area contributed by atoms with Crippen LogP contribution in [0.3, 0.4) is 0 Å². The summed E-state index contributed by atoms with van der Waals surface area (Å²) in [5.41, 5.74) is 0.925. The van der Waals surface area contributed by atoms with Crippen molar-refractivity contribution in [1.82, 2.24) is 5.32 Å². The predicted octanol–water partition coefficient (Wildman–Crippen LogP) is 2.19.